The van der Waals surface area contributed by atoms with Crippen molar-refractivity contribution in [3.05, 3.63) is 48.0 Å². The summed E-state index contributed by atoms with van der Waals surface area (Å²) in [7, 11) is 0. The molecule has 2 amide bonds. The van der Waals surface area contributed by atoms with Crippen LogP contribution in [0.15, 0.2) is 42.5 Å². The lowest BCUT2D eigenvalue weighted by molar-refractivity contribution is -0.114. The van der Waals surface area contributed by atoms with E-state index in [-0.39, 0.29) is 11.8 Å². The second kappa shape index (κ2) is 5.65. The van der Waals surface area contributed by atoms with Gasteiger partial charge in [0.15, 0.2) is 0 Å². The molecule has 0 saturated heterocycles. The Morgan fingerprint density at radius 2 is 1.77 bits per heavy atom. The van der Waals surface area contributed by atoms with E-state index in [9.17, 15) is 9.59 Å². The Labute approximate surface area is 125 Å². The molecule has 0 bridgehead atoms. The van der Waals surface area contributed by atoms with Crippen molar-refractivity contribution in [2.75, 3.05) is 10.6 Å². The second-order valence-corrected chi connectivity index (χ2v) is 4.71. The molecule has 1 heterocycles. The standard InChI is InChI=1S/C15H13N5O2/c1-9(21)16-11-7-5-10(6-8-11)15(22)17-12-3-2-4-13-14(12)19-20-18-13/h2-8H,1H3,(H,16,21)(H,17,22)(H,18,19,20). The van der Waals surface area contributed by atoms with Crippen LogP contribution in [-0.2, 0) is 4.79 Å². The number of anilines is 2. The number of carbonyl (C=O) groups excluding carboxylic acids is 2. The van der Waals surface area contributed by atoms with Gasteiger partial charge in [0.05, 0.1) is 5.69 Å². The summed E-state index contributed by atoms with van der Waals surface area (Å²) in [5.41, 5.74) is 2.99. The van der Waals surface area contributed by atoms with Gasteiger partial charge in [-0.25, -0.2) is 0 Å². The predicted octanol–water partition coefficient (Wildman–Crippen LogP) is 2.17. The van der Waals surface area contributed by atoms with Gasteiger partial charge >= 0.3 is 0 Å². The molecule has 110 valence electrons. The molecule has 0 aliphatic carbocycles. The number of hydrogen-bond acceptors (Lipinski definition) is 4. The molecule has 3 aromatic rings. The van der Waals surface area contributed by atoms with Gasteiger partial charge in [0.25, 0.3) is 5.91 Å². The Balaban J connectivity index is 1.79. The fraction of sp³-hybridized carbons (Fsp3) is 0.0667. The molecule has 1 aromatic heterocycles. The van der Waals surface area contributed by atoms with Crippen LogP contribution in [0.5, 0.6) is 0 Å². The van der Waals surface area contributed by atoms with Crippen LogP contribution in [0.3, 0.4) is 0 Å². The van der Waals surface area contributed by atoms with Crippen molar-refractivity contribution in [1.82, 2.24) is 15.4 Å². The van der Waals surface area contributed by atoms with Crippen molar-refractivity contribution >= 4 is 34.2 Å². The number of para-hydroxylation sites is 1. The van der Waals surface area contributed by atoms with E-state index in [2.05, 4.69) is 26.0 Å². The molecule has 0 aliphatic heterocycles. The average molecular weight is 295 g/mol. The first kappa shape index (κ1) is 13.7. The van der Waals surface area contributed by atoms with Crippen LogP contribution in [0.2, 0.25) is 0 Å². The Kier molecular flexibility index (Phi) is 3.53. The van der Waals surface area contributed by atoms with E-state index in [0.29, 0.717) is 28.0 Å². The molecule has 3 rings (SSSR count). The van der Waals surface area contributed by atoms with E-state index >= 15 is 0 Å². The Morgan fingerprint density at radius 1 is 1.00 bits per heavy atom. The highest BCUT2D eigenvalue weighted by atomic mass is 16.2. The Morgan fingerprint density at radius 3 is 2.50 bits per heavy atom. The monoisotopic (exact) mass is 295 g/mol. The van der Waals surface area contributed by atoms with Crippen LogP contribution in [0.25, 0.3) is 11.0 Å². The number of aromatic nitrogens is 3. The van der Waals surface area contributed by atoms with Gasteiger partial charge in [-0.3, -0.25) is 9.59 Å². The Hall–Kier alpha value is -3.22. The number of hydrogen-bond donors (Lipinski definition) is 3. The van der Waals surface area contributed by atoms with Gasteiger partial charge in [0, 0.05) is 18.2 Å². The molecule has 2 aromatic carbocycles. The van der Waals surface area contributed by atoms with Gasteiger partial charge in [-0.15, -0.1) is 0 Å². The van der Waals surface area contributed by atoms with Crippen molar-refractivity contribution in [3.63, 3.8) is 0 Å². The number of carbonyl (C=O) groups is 2. The lowest BCUT2D eigenvalue weighted by Crippen LogP contribution is -2.12. The third kappa shape index (κ3) is 2.78. The SMILES string of the molecule is CC(=O)Nc1ccc(C(=O)Nc2cccc3n[nH]nc23)cc1. The fourth-order valence-electron chi connectivity index (χ4n) is 2.07. The van der Waals surface area contributed by atoms with Crippen LogP contribution in [0.1, 0.15) is 17.3 Å². The number of fused-ring (bicyclic) bond motifs is 1. The smallest absolute Gasteiger partial charge is 0.255 e. The van der Waals surface area contributed by atoms with E-state index in [0.717, 1.165) is 0 Å². The number of amides is 2. The maximum Gasteiger partial charge on any atom is 0.255 e. The summed E-state index contributed by atoms with van der Waals surface area (Å²) in [6.07, 6.45) is 0. The number of aromatic amines is 1. The number of nitrogens with zero attached hydrogens (tertiary/aromatic N) is 2. The summed E-state index contributed by atoms with van der Waals surface area (Å²) >= 11 is 0. The summed E-state index contributed by atoms with van der Waals surface area (Å²) in [5, 5.41) is 16.0. The van der Waals surface area contributed by atoms with Crippen molar-refractivity contribution < 1.29 is 9.59 Å². The van der Waals surface area contributed by atoms with E-state index < -0.39 is 0 Å². The lowest BCUT2D eigenvalue weighted by Gasteiger charge is -2.07. The zero-order chi connectivity index (χ0) is 15.5. The summed E-state index contributed by atoms with van der Waals surface area (Å²) in [6, 6.07) is 12.0. The van der Waals surface area contributed by atoms with Crippen LogP contribution in [-0.4, -0.2) is 27.2 Å². The van der Waals surface area contributed by atoms with E-state index in [1.807, 2.05) is 0 Å². The molecular weight excluding hydrogens is 282 g/mol. The first-order chi connectivity index (χ1) is 10.6. The molecule has 0 aliphatic rings. The minimum atomic E-state index is -0.259. The minimum absolute atomic E-state index is 0.157. The van der Waals surface area contributed by atoms with Gasteiger partial charge in [-0.2, -0.15) is 15.4 Å². The first-order valence-corrected chi connectivity index (χ1v) is 6.62. The minimum Gasteiger partial charge on any atom is -0.326 e. The van der Waals surface area contributed by atoms with Crippen molar-refractivity contribution in [2.24, 2.45) is 0 Å². The van der Waals surface area contributed by atoms with Crippen molar-refractivity contribution in [2.45, 2.75) is 6.92 Å². The zero-order valence-electron chi connectivity index (χ0n) is 11.8. The van der Waals surface area contributed by atoms with E-state index in [1.54, 1.807) is 42.5 Å². The second-order valence-electron chi connectivity index (χ2n) is 4.71. The summed E-state index contributed by atoms with van der Waals surface area (Å²) in [6.45, 7) is 1.43. The van der Waals surface area contributed by atoms with Crippen LogP contribution in [0.4, 0.5) is 11.4 Å². The fourth-order valence-corrected chi connectivity index (χ4v) is 2.07. The molecule has 0 saturated carbocycles. The summed E-state index contributed by atoms with van der Waals surface area (Å²) < 4.78 is 0. The molecule has 0 atom stereocenters. The highest BCUT2D eigenvalue weighted by molar-refractivity contribution is 6.08. The maximum absolute atomic E-state index is 12.3. The molecule has 3 N–H and O–H groups in total. The van der Waals surface area contributed by atoms with Gasteiger partial charge in [0.1, 0.15) is 11.0 Å². The lowest BCUT2D eigenvalue weighted by atomic mass is 10.2. The topological polar surface area (TPSA) is 99.8 Å². The highest BCUT2D eigenvalue weighted by Crippen LogP contribution is 2.20. The molecule has 0 fully saturated rings. The van der Waals surface area contributed by atoms with Gasteiger partial charge in [-0.05, 0) is 36.4 Å². The quantitative estimate of drug-likeness (QED) is 0.689. The van der Waals surface area contributed by atoms with Gasteiger partial charge < -0.3 is 10.6 Å². The van der Waals surface area contributed by atoms with Gasteiger partial charge in [-0.1, -0.05) is 6.07 Å². The highest BCUT2D eigenvalue weighted by Gasteiger charge is 2.10. The Bertz CT molecular complexity index is 839. The normalized spacial score (nSPS) is 10.4. The largest absolute Gasteiger partial charge is 0.326 e. The molecule has 0 spiro atoms. The molecular formula is C15H13N5O2. The maximum atomic E-state index is 12.3. The molecule has 22 heavy (non-hydrogen) atoms. The van der Waals surface area contributed by atoms with Crippen molar-refractivity contribution in [3.8, 4) is 0 Å². The molecule has 0 radical (unpaired) electrons. The third-order valence-electron chi connectivity index (χ3n) is 3.06. The third-order valence-corrected chi connectivity index (χ3v) is 3.06. The number of benzene rings is 2. The summed E-state index contributed by atoms with van der Waals surface area (Å²) in [4.78, 5) is 23.2. The zero-order valence-corrected chi connectivity index (χ0v) is 11.8. The van der Waals surface area contributed by atoms with E-state index in [4.69, 9.17) is 0 Å². The summed E-state index contributed by atoms with van der Waals surface area (Å²) in [5.74, 6) is -0.417. The molecule has 7 nitrogen and oxygen atoms in total. The predicted molar refractivity (Wildman–Crippen MR) is 82.6 cm³/mol. The van der Waals surface area contributed by atoms with Gasteiger partial charge in [0.2, 0.25) is 5.91 Å². The molecule has 7 heteroatoms. The molecule has 0 unspecified atom stereocenters. The number of H-pyrrole nitrogens is 1. The number of nitrogens with one attached hydrogen (secondary N) is 3. The first-order valence-electron chi connectivity index (χ1n) is 6.62. The van der Waals surface area contributed by atoms with Crippen molar-refractivity contribution in [1.29, 1.82) is 0 Å². The van der Waals surface area contributed by atoms with Crippen LogP contribution in [0, 0.1) is 0 Å². The average Bonchev–Trinajstić information content (AvgIpc) is 2.97. The number of rotatable bonds is 3. The van der Waals surface area contributed by atoms with Crippen LogP contribution < -0.4 is 10.6 Å². The van der Waals surface area contributed by atoms with Crippen LogP contribution >= 0.6 is 0 Å². The van der Waals surface area contributed by atoms with E-state index in [1.165, 1.54) is 6.92 Å².